The molecule has 0 bridgehead atoms. The first-order valence-corrected chi connectivity index (χ1v) is 6.74. The minimum atomic E-state index is -0.512. The molecular weight excluding hydrogens is 260 g/mol. The van der Waals surface area contributed by atoms with Crippen LogP contribution in [0.4, 0.5) is 5.82 Å². The Kier molecular flexibility index (Phi) is 5.25. The molecule has 110 valence electrons. The van der Waals surface area contributed by atoms with Crippen LogP contribution in [-0.2, 0) is 4.74 Å². The highest BCUT2D eigenvalue weighted by Gasteiger charge is 2.20. The van der Waals surface area contributed by atoms with Gasteiger partial charge in [0, 0.05) is 19.1 Å². The summed E-state index contributed by atoms with van der Waals surface area (Å²) >= 11 is 0. The Labute approximate surface area is 118 Å². The number of nitrogens with one attached hydrogen (secondary N) is 1. The summed E-state index contributed by atoms with van der Waals surface area (Å²) in [6.45, 7) is 2.24. The predicted octanol–water partition coefficient (Wildman–Crippen LogP) is -0.186. The normalized spacial score (nSPS) is 18.0. The van der Waals surface area contributed by atoms with E-state index in [4.69, 9.17) is 0 Å². The molecule has 0 spiro atoms. The second-order valence-electron chi connectivity index (χ2n) is 4.72. The number of aliphatic hydroxyl groups is 1. The van der Waals surface area contributed by atoms with E-state index in [1.807, 2.05) is 4.90 Å². The lowest BCUT2D eigenvalue weighted by molar-refractivity contribution is 0.0593. The Bertz CT molecular complexity index is 449. The smallest absolute Gasteiger partial charge is 0.358 e. The molecule has 1 atom stereocenters. The number of carbonyl (C=O) groups excluding carboxylic acids is 1. The first kappa shape index (κ1) is 14.7. The molecule has 20 heavy (non-hydrogen) atoms. The van der Waals surface area contributed by atoms with Gasteiger partial charge < -0.3 is 20.1 Å². The van der Waals surface area contributed by atoms with Crippen LogP contribution in [-0.4, -0.2) is 60.4 Å². The summed E-state index contributed by atoms with van der Waals surface area (Å²) in [6.07, 6.45) is 5.23. The SMILES string of the molecule is COC(=O)c1cncc(N(CCO)CC2CCCN2)n1. The molecule has 1 fully saturated rings. The van der Waals surface area contributed by atoms with Crippen molar-refractivity contribution in [3.05, 3.63) is 18.1 Å². The summed E-state index contributed by atoms with van der Waals surface area (Å²) in [4.78, 5) is 21.7. The second kappa shape index (κ2) is 7.16. The number of methoxy groups -OCH3 is 1. The fourth-order valence-electron chi connectivity index (χ4n) is 2.31. The van der Waals surface area contributed by atoms with Crippen LogP contribution in [0.5, 0.6) is 0 Å². The first-order valence-electron chi connectivity index (χ1n) is 6.74. The largest absolute Gasteiger partial charge is 0.464 e. The highest BCUT2D eigenvalue weighted by atomic mass is 16.5. The molecule has 0 amide bonds. The van der Waals surface area contributed by atoms with E-state index in [-0.39, 0.29) is 12.3 Å². The maximum atomic E-state index is 11.5. The maximum Gasteiger partial charge on any atom is 0.358 e. The molecule has 2 N–H and O–H groups in total. The summed E-state index contributed by atoms with van der Waals surface area (Å²) in [7, 11) is 1.31. The number of carbonyl (C=O) groups is 1. The molecule has 2 rings (SSSR count). The van der Waals surface area contributed by atoms with Crippen molar-refractivity contribution in [3.8, 4) is 0 Å². The van der Waals surface area contributed by atoms with Crippen LogP contribution >= 0.6 is 0 Å². The standard InChI is InChI=1S/C13H20N4O3/c1-20-13(19)11-7-14-8-12(16-11)17(5-6-18)9-10-3-2-4-15-10/h7-8,10,15,18H,2-6,9H2,1H3. The molecule has 1 aliphatic heterocycles. The number of ether oxygens (including phenoxy) is 1. The first-order chi connectivity index (χ1) is 9.74. The van der Waals surface area contributed by atoms with Crippen LogP contribution in [0.15, 0.2) is 12.4 Å². The van der Waals surface area contributed by atoms with Crippen molar-refractivity contribution in [2.45, 2.75) is 18.9 Å². The highest BCUT2D eigenvalue weighted by Crippen LogP contribution is 2.14. The lowest BCUT2D eigenvalue weighted by Crippen LogP contribution is -2.39. The van der Waals surface area contributed by atoms with E-state index in [9.17, 15) is 9.90 Å². The third kappa shape index (κ3) is 3.64. The van der Waals surface area contributed by atoms with Gasteiger partial charge in [-0.1, -0.05) is 0 Å². The number of hydrogen-bond acceptors (Lipinski definition) is 7. The minimum absolute atomic E-state index is 0.0247. The molecule has 0 radical (unpaired) electrons. The van der Waals surface area contributed by atoms with Crippen molar-refractivity contribution in [3.63, 3.8) is 0 Å². The van der Waals surface area contributed by atoms with E-state index in [1.54, 1.807) is 6.20 Å². The van der Waals surface area contributed by atoms with E-state index >= 15 is 0 Å². The van der Waals surface area contributed by atoms with Gasteiger partial charge in [0.2, 0.25) is 0 Å². The molecule has 1 unspecified atom stereocenters. The van der Waals surface area contributed by atoms with Crippen LogP contribution in [0.2, 0.25) is 0 Å². The maximum absolute atomic E-state index is 11.5. The van der Waals surface area contributed by atoms with E-state index in [0.29, 0.717) is 18.4 Å². The Morgan fingerprint density at radius 2 is 2.45 bits per heavy atom. The molecule has 0 saturated carbocycles. The third-order valence-electron chi connectivity index (χ3n) is 3.31. The summed E-state index contributed by atoms with van der Waals surface area (Å²) in [5.74, 6) is 0.0675. The number of nitrogens with zero attached hydrogens (tertiary/aromatic N) is 3. The molecule has 0 aliphatic carbocycles. The number of anilines is 1. The summed E-state index contributed by atoms with van der Waals surface area (Å²) < 4.78 is 4.64. The van der Waals surface area contributed by atoms with Gasteiger partial charge in [-0.2, -0.15) is 0 Å². The van der Waals surface area contributed by atoms with Gasteiger partial charge >= 0.3 is 5.97 Å². The zero-order valence-corrected chi connectivity index (χ0v) is 11.6. The summed E-state index contributed by atoms with van der Waals surface area (Å²) in [6, 6.07) is 0.380. The molecule has 1 saturated heterocycles. The van der Waals surface area contributed by atoms with Gasteiger partial charge in [0.15, 0.2) is 5.69 Å². The molecule has 7 nitrogen and oxygen atoms in total. The van der Waals surface area contributed by atoms with Crippen molar-refractivity contribution in [1.82, 2.24) is 15.3 Å². The van der Waals surface area contributed by atoms with E-state index in [0.717, 1.165) is 25.9 Å². The Morgan fingerprint density at radius 1 is 1.60 bits per heavy atom. The average molecular weight is 280 g/mol. The predicted molar refractivity (Wildman–Crippen MR) is 73.7 cm³/mol. The van der Waals surface area contributed by atoms with Crippen molar-refractivity contribution < 1.29 is 14.6 Å². The fourth-order valence-corrected chi connectivity index (χ4v) is 2.31. The third-order valence-corrected chi connectivity index (χ3v) is 3.31. The topological polar surface area (TPSA) is 87.6 Å². The van der Waals surface area contributed by atoms with Crippen LogP contribution in [0.1, 0.15) is 23.3 Å². The van der Waals surface area contributed by atoms with Crippen LogP contribution in [0, 0.1) is 0 Å². The van der Waals surface area contributed by atoms with E-state index in [2.05, 4.69) is 20.0 Å². The van der Waals surface area contributed by atoms with Gasteiger partial charge in [-0.3, -0.25) is 4.98 Å². The van der Waals surface area contributed by atoms with Crippen molar-refractivity contribution in [2.75, 3.05) is 38.3 Å². The lowest BCUT2D eigenvalue weighted by Gasteiger charge is -2.26. The molecule has 2 heterocycles. The molecule has 1 aliphatic rings. The van der Waals surface area contributed by atoms with Crippen molar-refractivity contribution in [1.29, 1.82) is 0 Å². The van der Waals surface area contributed by atoms with E-state index < -0.39 is 5.97 Å². The molecular formula is C13H20N4O3. The highest BCUT2D eigenvalue weighted by molar-refractivity contribution is 5.87. The Balaban J connectivity index is 2.12. The quantitative estimate of drug-likeness (QED) is 0.698. The van der Waals surface area contributed by atoms with Gasteiger partial charge in [-0.15, -0.1) is 0 Å². The monoisotopic (exact) mass is 280 g/mol. The molecule has 0 aromatic carbocycles. The second-order valence-corrected chi connectivity index (χ2v) is 4.72. The van der Waals surface area contributed by atoms with Crippen LogP contribution < -0.4 is 10.2 Å². The number of rotatable bonds is 6. The minimum Gasteiger partial charge on any atom is -0.464 e. The Hall–Kier alpha value is -1.73. The van der Waals surface area contributed by atoms with Gasteiger partial charge in [0.05, 0.1) is 26.1 Å². The number of hydrogen-bond donors (Lipinski definition) is 2. The molecule has 1 aromatic heterocycles. The lowest BCUT2D eigenvalue weighted by atomic mass is 10.2. The fraction of sp³-hybridized carbons (Fsp3) is 0.615. The summed E-state index contributed by atoms with van der Waals surface area (Å²) in [5, 5.41) is 12.6. The molecule has 1 aromatic rings. The number of esters is 1. The molecule has 7 heteroatoms. The van der Waals surface area contributed by atoms with E-state index in [1.165, 1.54) is 13.3 Å². The van der Waals surface area contributed by atoms with Gasteiger partial charge in [-0.25, -0.2) is 9.78 Å². The van der Waals surface area contributed by atoms with Gasteiger partial charge in [-0.05, 0) is 19.4 Å². The zero-order valence-electron chi connectivity index (χ0n) is 11.6. The Morgan fingerprint density at radius 3 is 3.10 bits per heavy atom. The van der Waals surface area contributed by atoms with Gasteiger partial charge in [0.25, 0.3) is 0 Å². The zero-order chi connectivity index (χ0) is 14.4. The van der Waals surface area contributed by atoms with Crippen LogP contribution in [0.3, 0.4) is 0 Å². The number of aromatic nitrogens is 2. The number of aliphatic hydroxyl groups excluding tert-OH is 1. The van der Waals surface area contributed by atoms with Crippen molar-refractivity contribution >= 4 is 11.8 Å². The van der Waals surface area contributed by atoms with Crippen molar-refractivity contribution in [2.24, 2.45) is 0 Å². The summed E-state index contributed by atoms with van der Waals surface area (Å²) in [5.41, 5.74) is 0.173. The van der Waals surface area contributed by atoms with Crippen LogP contribution in [0.25, 0.3) is 0 Å². The average Bonchev–Trinajstić information content (AvgIpc) is 2.99. The van der Waals surface area contributed by atoms with Gasteiger partial charge in [0.1, 0.15) is 5.82 Å².